The van der Waals surface area contributed by atoms with E-state index >= 15 is 0 Å². The first-order valence-electron chi connectivity index (χ1n) is 9.01. The topological polar surface area (TPSA) is 73.4 Å². The second-order valence-corrected chi connectivity index (χ2v) is 8.64. The Kier molecular flexibility index (Phi) is 6.46. The molecular weight excluding hydrogens is 396 g/mol. The highest BCUT2D eigenvalue weighted by Crippen LogP contribution is 2.35. The predicted molar refractivity (Wildman–Crippen MR) is 113 cm³/mol. The van der Waals surface area contributed by atoms with Crippen molar-refractivity contribution in [2.75, 3.05) is 20.6 Å². The maximum Gasteiger partial charge on any atom is 0.260 e. The van der Waals surface area contributed by atoms with E-state index in [-0.39, 0.29) is 10.6 Å². The van der Waals surface area contributed by atoms with Crippen LogP contribution in [0.2, 0.25) is 0 Å². The first-order chi connectivity index (χ1) is 13.4. The minimum absolute atomic E-state index is 0.0611. The summed E-state index contributed by atoms with van der Waals surface area (Å²) < 4.78 is 5.35. The second-order valence-electron chi connectivity index (χ2n) is 6.61. The zero-order chi connectivity index (χ0) is 20.3. The summed E-state index contributed by atoms with van der Waals surface area (Å²) in [6.45, 7) is 3.12. The molecule has 1 atom stereocenters. The maximum absolute atomic E-state index is 12.4. The highest BCUT2D eigenvalue weighted by Gasteiger charge is 2.24. The molecule has 1 aliphatic rings. The molecule has 8 heteroatoms. The average Bonchev–Trinajstić information content (AvgIpc) is 3.35. The molecule has 1 aliphatic heterocycles. The molecule has 0 fully saturated rings. The average molecular weight is 419 g/mol. The quantitative estimate of drug-likeness (QED) is 0.433. The van der Waals surface area contributed by atoms with Crippen LogP contribution in [0.15, 0.2) is 45.8 Å². The molecule has 0 saturated carbocycles. The predicted octanol–water partition coefficient (Wildman–Crippen LogP) is 4.16. The highest BCUT2D eigenvalue weighted by atomic mass is 35.5. The van der Waals surface area contributed by atoms with Crippen LogP contribution in [0.4, 0.5) is 0 Å². The SMILES string of the molecule is CCN(C)C(=N)c1ccc(-c2cc(CN(C)C(=O)C3=CCC(Cl)S3)on2)cc1. The van der Waals surface area contributed by atoms with Gasteiger partial charge in [-0.2, -0.15) is 0 Å². The van der Waals surface area contributed by atoms with Crippen molar-refractivity contribution in [3.8, 4) is 11.3 Å². The number of nitrogens with one attached hydrogen (secondary N) is 1. The summed E-state index contributed by atoms with van der Waals surface area (Å²) in [6.07, 6.45) is 2.58. The molecule has 1 aromatic heterocycles. The Hall–Kier alpha value is -2.25. The zero-order valence-corrected chi connectivity index (χ0v) is 17.7. The van der Waals surface area contributed by atoms with Crippen molar-refractivity contribution in [2.24, 2.45) is 0 Å². The van der Waals surface area contributed by atoms with E-state index in [0.29, 0.717) is 35.2 Å². The third kappa shape index (κ3) is 4.59. The number of carbonyl (C=O) groups excluding carboxylic acids is 1. The number of amides is 1. The van der Waals surface area contributed by atoms with Gasteiger partial charge in [-0.15, -0.1) is 23.4 Å². The fourth-order valence-electron chi connectivity index (χ4n) is 2.77. The third-order valence-electron chi connectivity index (χ3n) is 4.56. The van der Waals surface area contributed by atoms with Crippen molar-refractivity contribution in [3.63, 3.8) is 0 Å². The van der Waals surface area contributed by atoms with Crippen LogP contribution in [0, 0.1) is 5.41 Å². The summed E-state index contributed by atoms with van der Waals surface area (Å²) in [6, 6.07) is 9.48. The molecule has 1 aromatic carbocycles. The number of likely N-dealkylation sites (N-methyl/N-ethyl adjacent to an activating group) is 1. The zero-order valence-electron chi connectivity index (χ0n) is 16.1. The number of thioether (sulfide) groups is 1. The lowest BCUT2D eigenvalue weighted by molar-refractivity contribution is -0.125. The number of allylic oxidation sites excluding steroid dienone is 1. The van der Waals surface area contributed by atoms with Gasteiger partial charge in [0.2, 0.25) is 0 Å². The van der Waals surface area contributed by atoms with Gasteiger partial charge in [0.25, 0.3) is 5.91 Å². The smallest absolute Gasteiger partial charge is 0.260 e. The number of benzene rings is 1. The lowest BCUT2D eigenvalue weighted by Gasteiger charge is -2.17. The molecule has 1 unspecified atom stereocenters. The molecule has 1 amide bonds. The molecule has 0 spiro atoms. The summed E-state index contributed by atoms with van der Waals surface area (Å²) in [4.78, 5) is 16.6. The maximum atomic E-state index is 12.4. The van der Waals surface area contributed by atoms with Crippen LogP contribution in [0.5, 0.6) is 0 Å². The van der Waals surface area contributed by atoms with Gasteiger partial charge in [-0.25, -0.2) is 0 Å². The van der Waals surface area contributed by atoms with E-state index in [9.17, 15) is 4.79 Å². The van der Waals surface area contributed by atoms with Gasteiger partial charge in [0.1, 0.15) is 11.5 Å². The van der Waals surface area contributed by atoms with E-state index in [4.69, 9.17) is 21.5 Å². The van der Waals surface area contributed by atoms with E-state index in [0.717, 1.165) is 17.7 Å². The van der Waals surface area contributed by atoms with E-state index in [1.165, 1.54) is 11.8 Å². The molecule has 148 valence electrons. The number of nitrogens with zero attached hydrogens (tertiary/aromatic N) is 3. The van der Waals surface area contributed by atoms with Crippen LogP contribution >= 0.6 is 23.4 Å². The third-order valence-corrected chi connectivity index (χ3v) is 6.05. The molecule has 0 bridgehead atoms. The molecule has 0 saturated heterocycles. The van der Waals surface area contributed by atoms with Crippen molar-refractivity contribution in [3.05, 3.63) is 52.6 Å². The lowest BCUT2D eigenvalue weighted by atomic mass is 10.1. The normalized spacial score (nSPS) is 16.0. The summed E-state index contributed by atoms with van der Waals surface area (Å²) >= 11 is 7.43. The molecule has 28 heavy (non-hydrogen) atoms. The van der Waals surface area contributed by atoms with Crippen molar-refractivity contribution in [2.45, 2.75) is 24.6 Å². The Labute approximate surface area is 174 Å². The molecular formula is C20H23ClN4O2S. The van der Waals surface area contributed by atoms with E-state index < -0.39 is 0 Å². The van der Waals surface area contributed by atoms with Gasteiger partial charge in [-0.3, -0.25) is 10.2 Å². The Bertz CT molecular complexity index is 894. The van der Waals surface area contributed by atoms with Crippen LogP contribution in [-0.4, -0.2) is 52.0 Å². The first-order valence-corrected chi connectivity index (χ1v) is 10.3. The number of halogens is 1. The van der Waals surface area contributed by atoms with Crippen LogP contribution in [0.1, 0.15) is 24.7 Å². The van der Waals surface area contributed by atoms with Crippen LogP contribution in [0.3, 0.4) is 0 Å². The van der Waals surface area contributed by atoms with Gasteiger partial charge in [0, 0.05) is 37.8 Å². The highest BCUT2D eigenvalue weighted by molar-refractivity contribution is 8.05. The number of carbonyl (C=O) groups is 1. The van der Waals surface area contributed by atoms with Crippen molar-refractivity contribution >= 4 is 35.1 Å². The molecule has 2 aromatic rings. The van der Waals surface area contributed by atoms with Gasteiger partial charge in [-0.1, -0.05) is 35.5 Å². The Balaban J connectivity index is 1.65. The first kappa shape index (κ1) is 20.5. The van der Waals surface area contributed by atoms with Crippen molar-refractivity contribution in [1.82, 2.24) is 15.0 Å². The number of amidine groups is 1. The fourth-order valence-corrected chi connectivity index (χ4v) is 4.06. The van der Waals surface area contributed by atoms with E-state index in [2.05, 4.69) is 5.16 Å². The molecule has 3 rings (SSSR count). The summed E-state index contributed by atoms with van der Waals surface area (Å²) in [5.74, 6) is 1.03. The van der Waals surface area contributed by atoms with E-state index in [1.54, 1.807) is 11.9 Å². The fraction of sp³-hybridized carbons (Fsp3) is 0.350. The minimum atomic E-state index is -0.0641. The largest absolute Gasteiger partial charge is 0.360 e. The number of aromatic nitrogens is 1. The van der Waals surface area contributed by atoms with Gasteiger partial charge in [0.05, 0.1) is 16.2 Å². The Morgan fingerprint density at radius 3 is 2.64 bits per heavy atom. The van der Waals surface area contributed by atoms with Crippen LogP contribution < -0.4 is 0 Å². The van der Waals surface area contributed by atoms with Crippen molar-refractivity contribution < 1.29 is 9.32 Å². The summed E-state index contributed by atoms with van der Waals surface area (Å²) in [5, 5.41) is 12.3. The van der Waals surface area contributed by atoms with Gasteiger partial charge in [0.15, 0.2) is 5.76 Å². The second kappa shape index (κ2) is 8.84. The van der Waals surface area contributed by atoms with Gasteiger partial charge in [-0.05, 0) is 13.3 Å². The standard InChI is InChI=1S/C20H23ClN4O2S/c1-4-24(2)19(22)14-7-5-13(6-8-14)16-11-15(27-23-16)12-25(3)20(26)17-9-10-18(21)28-17/h5-9,11,18,22H,4,10,12H2,1-3H3. The van der Waals surface area contributed by atoms with Crippen molar-refractivity contribution in [1.29, 1.82) is 5.41 Å². The number of hydrogen-bond donors (Lipinski definition) is 1. The van der Waals surface area contributed by atoms with E-state index in [1.807, 2.05) is 55.3 Å². The molecule has 1 N–H and O–H groups in total. The summed E-state index contributed by atoms with van der Waals surface area (Å²) in [7, 11) is 3.63. The number of rotatable bonds is 6. The number of hydrogen-bond acceptors (Lipinski definition) is 5. The number of alkyl halides is 1. The molecule has 0 radical (unpaired) electrons. The molecule has 2 heterocycles. The van der Waals surface area contributed by atoms with Crippen LogP contribution in [-0.2, 0) is 11.3 Å². The Morgan fingerprint density at radius 2 is 2.04 bits per heavy atom. The Morgan fingerprint density at radius 1 is 1.32 bits per heavy atom. The molecule has 6 nitrogen and oxygen atoms in total. The lowest BCUT2D eigenvalue weighted by Crippen LogP contribution is -2.26. The molecule has 0 aliphatic carbocycles. The monoisotopic (exact) mass is 418 g/mol. The van der Waals surface area contributed by atoms with Crippen LogP contribution in [0.25, 0.3) is 11.3 Å². The van der Waals surface area contributed by atoms with Gasteiger partial charge >= 0.3 is 0 Å². The minimum Gasteiger partial charge on any atom is -0.360 e. The van der Waals surface area contributed by atoms with Gasteiger partial charge < -0.3 is 14.3 Å². The summed E-state index contributed by atoms with van der Waals surface area (Å²) in [5.41, 5.74) is 2.45.